The van der Waals surface area contributed by atoms with E-state index in [4.69, 9.17) is 0 Å². The lowest BCUT2D eigenvalue weighted by Crippen LogP contribution is -2.54. The number of carbonyl (C=O) groups is 1. The van der Waals surface area contributed by atoms with E-state index in [1.54, 1.807) is 11.8 Å². The Kier molecular flexibility index (Phi) is 6.29. The van der Waals surface area contributed by atoms with Gasteiger partial charge in [-0.1, -0.05) is 37.3 Å². The summed E-state index contributed by atoms with van der Waals surface area (Å²) >= 11 is 1.69. The summed E-state index contributed by atoms with van der Waals surface area (Å²) < 4.78 is 0. The first-order chi connectivity index (χ1) is 10.7. The van der Waals surface area contributed by atoms with Crippen molar-refractivity contribution in [2.24, 2.45) is 5.92 Å². The first kappa shape index (κ1) is 16.9. The number of nitrogens with zero attached hydrogens (tertiary/aromatic N) is 3. The molecule has 22 heavy (non-hydrogen) atoms. The molecule has 0 N–H and O–H groups in total. The Balaban J connectivity index is 1.97. The molecule has 0 unspecified atom stereocenters. The fourth-order valence-electron chi connectivity index (χ4n) is 2.78. The van der Waals surface area contributed by atoms with Crippen LogP contribution in [0.15, 0.2) is 30.3 Å². The maximum absolute atomic E-state index is 12.4. The van der Waals surface area contributed by atoms with Crippen LogP contribution in [0.5, 0.6) is 0 Å². The molecule has 2 atom stereocenters. The number of benzene rings is 1. The van der Waals surface area contributed by atoms with Gasteiger partial charge >= 0.3 is 0 Å². The van der Waals surface area contributed by atoms with E-state index in [-0.39, 0.29) is 17.9 Å². The van der Waals surface area contributed by atoms with Gasteiger partial charge in [0.1, 0.15) is 6.04 Å². The molecule has 0 radical (unpaired) electrons. The molecule has 2 rings (SSSR count). The second-order valence-corrected chi connectivity index (χ2v) is 6.65. The number of rotatable bonds is 5. The minimum absolute atomic E-state index is 0.0232. The van der Waals surface area contributed by atoms with Gasteiger partial charge in [-0.05, 0) is 11.8 Å². The van der Waals surface area contributed by atoms with E-state index in [1.165, 1.54) is 5.56 Å². The van der Waals surface area contributed by atoms with E-state index in [1.807, 2.05) is 36.3 Å². The normalized spacial score (nSPS) is 20.4. The van der Waals surface area contributed by atoms with Gasteiger partial charge in [-0.3, -0.25) is 9.69 Å². The van der Waals surface area contributed by atoms with Crippen molar-refractivity contribution in [3.8, 4) is 6.07 Å². The van der Waals surface area contributed by atoms with Gasteiger partial charge in [-0.15, -0.1) is 0 Å². The molecule has 1 amide bonds. The Labute approximate surface area is 137 Å². The Bertz CT molecular complexity index is 528. The highest BCUT2D eigenvalue weighted by atomic mass is 32.2. The van der Waals surface area contributed by atoms with Crippen molar-refractivity contribution in [2.75, 3.05) is 31.6 Å². The van der Waals surface area contributed by atoms with Crippen LogP contribution in [0.4, 0.5) is 0 Å². The highest BCUT2D eigenvalue weighted by molar-refractivity contribution is 7.98. The van der Waals surface area contributed by atoms with E-state index in [2.05, 4.69) is 23.1 Å². The Hall–Kier alpha value is -1.51. The summed E-state index contributed by atoms with van der Waals surface area (Å²) in [6, 6.07) is 12.3. The van der Waals surface area contributed by atoms with E-state index < -0.39 is 0 Å². The van der Waals surface area contributed by atoms with Crippen LogP contribution < -0.4 is 0 Å². The fraction of sp³-hybridized carbons (Fsp3) is 0.529. The molecule has 4 nitrogen and oxygen atoms in total. The zero-order valence-electron chi connectivity index (χ0n) is 13.2. The van der Waals surface area contributed by atoms with Crippen molar-refractivity contribution < 1.29 is 4.79 Å². The Morgan fingerprint density at radius 1 is 1.41 bits per heavy atom. The molecule has 0 saturated carbocycles. The van der Waals surface area contributed by atoms with Gasteiger partial charge in [0.05, 0.1) is 6.07 Å². The van der Waals surface area contributed by atoms with Crippen molar-refractivity contribution in [1.29, 1.82) is 5.26 Å². The summed E-state index contributed by atoms with van der Waals surface area (Å²) in [4.78, 5) is 16.4. The smallest absolute Gasteiger partial charge is 0.226 e. The van der Waals surface area contributed by atoms with Crippen LogP contribution in [0.2, 0.25) is 0 Å². The van der Waals surface area contributed by atoms with Crippen molar-refractivity contribution in [3.05, 3.63) is 35.9 Å². The lowest BCUT2D eigenvalue weighted by atomic mass is 10.1. The first-order valence-electron chi connectivity index (χ1n) is 7.61. The molecule has 1 aliphatic heterocycles. The van der Waals surface area contributed by atoms with Crippen LogP contribution in [-0.2, 0) is 11.3 Å². The van der Waals surface area contributed by atoms with Crippen molar-refractivity contribution >= 4 is 17.7 Å². The van der Waals surface area contributed by atoms with E-state index in [0.29, 0.717) is 13.1 Å². The molecular formula is C17H23N3OS. The molecular weight excluding hydrogens is 294 g/mol. The molecule has 1 fully saturated rings. The highest BCUT2D eigenvalue weighted by Gasteiger charge is 2.31. The minimum Gasteiger partial charge on any atom is -0.339 e. The minimum atomic E-state index is -0.223. The average molecular weight is 317 g/mol. The molecule has 1 aromatic rings. The number of hydrogen-bond donors (Lipinski definition) is 0. The van der Waals surface area contributed by atoms with E-state index in [0.717, 1.165) is 18.8 Å². The summed E-state index contributed by atoms with van der Waals surface area (Å²) in [7, 11) is 0. The van der Waals surface area contributed by atoms with Crippen LogP contribution in [0, 0.1) is 17.2 Å². The molecule has 1 aromatic carbocycles. The summed E-state index contributed by atoms with van der Waals surface area (Å²) in [5.74, 6) is 1.03. The maximum Gasteiger partial charge on any atom is 0.226 e. The maximum atomic E-state index is 12.4. The second kappa shape index (κ2) is 8.21. The van der Waals surface area contributed by atoms with Crippen LogP contribution >= 0.6 is 11.8 Å². The van der Waals surface area contributed by atoms with E-state index >= 15 is 0 Å². The Morgan fingerprint density at radius 3 is 2.77 bits per heavy atom. The summed E-state index contributed by atoms with van der Waals surface area (Å²) in [6.07, 6.45) is 2.01. The zero-order chi connectivity index (χ0) is 15.9. The standard InChI is InChI=1S/C17H23N3OS/c1-14(13-22-2)17(21)20-9-8-19(16(10-18)12-20)11-15-6-4-3-5-7-15/h3-7,14,16H,8-9,11-13H2,1-2H3/t14-,16-/m1/s1. The van der Waals surface area contributed by atoms with Gasteiger partial charge in [-0.25, -0.2) is 0 Å². The number of piperazine rings is 1. The summed E-state index contributed by atoms with van der Waals surface area (Å²) in [5, 5.41) is 9.45. The summed E-state index contributed by atoms with van der Waals surface area (Å²) in [6.45, 7) is 4.71. The predicted molar refractivity (Wildman–Crippen MR) is 90.4 cm³/mol. The van der Waals surface area contributed by atoms with Crippen molar-refractivity contribution in [2.45, 2.75) is 19.5 Å². The first-order valence-corrected chi connectivity index (χ1v) is 9.00. The highest BCUT2D eigenvalue weighted by Crippen LogP contribution is 2.17. The number of carbonyl (C=O) groups excluding carboxylic acids is 1. The van der Waals surface area contributed by atoms with Crippen molar-refractivity contribution in [3.63, 3.8) is 0 Å². The number of thioether (sulfide) groups is 1. The third-order valence-corrected chi connectivity index (χ3v) is 4.85. The van der Waals surface area contributed by atoms with Crippen LogP contribution in [0.25, 0.3) is 0 Å². The van der Waals surface area contributed by atoms with Crippen LogP contribution in [0.3, 0.4) is 0 Å². The van der Waals surface area contributed by atoms with Gasteiger partial charge in [0.15, 0.2) is 0 Å². The molecule has 0 spiro atoms. The van der Waals surface area contributed by atoms with Crippen LogP contribution in [0.1, 0.15) is 12.5 Å². The van der Waals surface area contributed by atoms with Gasteiger partial charge in [0.2, 0.25) is 5.91 Å². The zero-order valence-corrected chi connectivity index (χ0v) is 14.1. The summed E-state index contributed by atoms with van der Waals surface area (Å²) in [5.41, 5.74) is 1.21. The molecule has 0 bridgehead atoms. The molecule has 1 aliphatic rings. The number of hydrogen-bond acceptors (Lipinski definition) is 4. The monoisotopic (exact) mass is 317 g/mol. The molecule has 1 heterocycles. The molecule has 0 aromatic heterocycles. The van der Waals surface area contributed by atoms with Gasteiger partial charge < -0.3 is 4.90 Å². The molecule has 118 valence electrons. The van der Waals surface area contributed by atoms with Gasteiger partial charge in [0.25, 0.3) is 0 Å². The molecule has 0 aliphatic carbocycles. The number of amides is 1. The quantitative estimate of drug-likeness (QED) is 0.835. The molecule has 5 heteroatoms. The van der Waals surface area contributed by atoms with Crippen LogP contribution in [-0.4, -0.2) is 53.4 Å². The molecule has 1 saturated heterocycles. The van der Waals surface area contributed by atoms with Crippen molar-refractivity contribution in [1.82, 2.24) is 9.80 Å². The predicted octanol–water partition coefficient (Wildman–Crippen LogP) is 2.22. The fourth-order valence-corrected chi connectivity index (χ4v) is 3.43. The topological polar surface area (TPSA) is 47.3 Å². The lowest BCUT2D eigenvalue weighted by Gasteiger charge is -2.39. The number of nitriles is 1. The van der Waals surface area contributed by atoms with E-state index in [9.17, 15) is 10.1 Å². The van der Waals surface area contributed by atoms with Gasteiger partial charge in [0, 0.05) is 37.8 Å². The lowest BCUT2D eigenvalue weighted by molar-refractivity contribution is -0.136. The second-order valence-electron chi connectivity index (χ2n) is 5.74. The Morgan fingerprint density at radius 2 is 2.14 bits per heavy atom. The third-order valence-electron chi connectivity index (χ3n) is 4.02. The SMILES string of the molecule is CSC[C@@H](C)C(=O)N1CCN(Cc2ccccc2)[C@H](C#N)C1. The van der Waals surface area contributed by atoms with Gasteiger partial charge in [-0.2, -0.15) is 17.0 Å². The third kappa shape index (κ3) is 4.25. The average Bonchev–Trinajstić information content (AvgIpc) is 2.55. The largest absolute Gasteiger partial charge is 0.339 e.